The van der Waals surface area contributed by atoms with Gasteiger partial charge in [0.1, 0.15) is 18.1 Å². The van der Waals surface area contributed by atoms with Gasteiger partial charge >= 0.3 is 0 Å². The Hall–Kier alpha value is -2.65. The molecule has 10 heteroatoms. The van der Waals surface area contributed by atoms with E-state index in [2.05, 4.69) is 10.6 Å². The second-order valence-corrected chi connectivity index (χ2v) is 11.5. The van der Waals surface area contributed by atoms with Gasteiger partial charge in [-0.3, -0.25) is 24.0 Å². The minimum absolute atomic E-state index is 0. The minimum atomic E-state index is -0.805. The summed E-state index contributed by atoms with van der Waals surface area (Å²) in [5.41, 5.74) is 0. The van der Waals surface area contributed by atoms with E-state index in [-0.39, 0.29) is 50.8 Å². The number of likely N-dealkylation sites (N-methyl/N-ethyl adjacent to an activating group) is 3. The van der Waals surface area contributed by atoms with E-state index in [1.165, 1.54) is 21.7 Å². The Labute approximate surface area is 246 Å². The molecule has 0 bridgehead atoms. The second-order valence-electron chi connectivity index (χ2n) is 11.5. The third kappa shape index (κ3) is 12.7. The first-order valence-corrected chi connectivity index (χ1v) is 14.8. The molecule has 0 saturated heterocycles. The number of carbonyl (C=O) groups excluding carboxylic acids is 5. The first kappa shape index (κ1) is 39.5. The van der Waals surface area contributed by atoms with E-state index in [1.807, 2.05) is 69.2 Å². The number of nitrogens with zero attached hydrogens (tertiary/aromatic N) is 3. The second kappa shape index (κ2) is 19.4. The van der Waals surface area contributed by atoms with Crippen molar-refractivity contribution >= 4 is 29.5 Å². The molecular formula is C30H63N5O5. The maximum Gasteiger partial charge on any atom is 0.245 e. The zero-order valence-electron chi connectivity index (χ0n) is 27.8. The van der Waals surface area contributed by atoms with Crippen LogP contribution < -0.4 is 10.6 Å². The molecule has 0 heterocycles. The molecule has 0 aromatic heterocycles. The zero-order valence-corrected chi connectivity index (χ0v) is 27.8. The van der Waals surface area contributed by atoms with Gasteiger partial charge in [0, 0.05) is 37.0 Å². The molecule has 0 rings (SSSR count). The molecule has 5 atom stereocenters. The highest BCUT2D eigenvalue weighted by Gasteiger charge is 2.34. The predicted molar refractivity (Wildman–Crippen MR) is 166 cm³/mol. The summed E-state index contributed by atoms with van der Waals surface area (Å²) in [6, 6.07) is -2.26. The maximum absolute atomic E-state index is 13.3. The lowest BCUT2D eigenvalue weighted by Gasteiger charge is -2.33. The quantitative estimate of drug-likeness (QED) is 0.310. The molecule has 1 unspecified atom stereocenters. The molecule has 0 aliphatic carbocycles. The van der Waals surface area contributed by atoms with Crippen LogP contribution >= 0.6 is 0 Å². The van der Waals surface area contributed by atoms with Crippen molar-refractivity contribution in [3.8, 4) is 0 Å². The van der Waals surface area contributed by atoms with E-state index in [9.17, 15) is 24.0 Å². The van der Waals surface area contributed by atoms with E-state index in [0.717, 1.165) is 6.42 Å². The first-order valence-electron chi connectivity index (χ1n) is 14.8. The van der Waals surface area contributed by atoms with Gasteiger partial charge in [-0.15, -0.1) is 0 Å². The Balaban J connectivity index is -0.00000176. The fourth-order valence-corrected chi connectivity index (χ4v) is 4.01. The molecule has 0 fully saturated rings. The molecule has 0 aromatic carbocycles. The minimum Gasteiger partial charge on any atom is -0.347 e. The molecule has 0 aliphatic rings. The van der Waals surface area contributed by atoms with Crippen LogP contribution in [0.4, 0.5) is 0 Å². The number of carbonyl (C=O) groups is 5. The zero-order chi connectivity index (χ0) is 31.9. The molecule has 0 spiro atoms. The van der Waals surface area contributed by atoms with Gasteiger partial charge in [0.15, 0.2) is 0 Å². The third-order valence-corrected chi connectivity index (χ3v) is 7.21. The van der Waals surface area contributed by atoms with Crippen LogP contribution in [0.15, 0.2) is 0 Å². The summed E-state index contributed by atoms with van der Waals surface area (Å²) in [6.07, 6.45) is 1.64. The van der Waals surface area contributed by atoms with Crippen LogP contribution in [-0.4, -0.2) is 97.1 Å². The van der Waals surface area contributed by atoms with E-state index in [0.29, 0.717) is 12.8 Å². The molecule has 238 valence electrons. The van der Waals surface area contributed by atoms with Crippen LogP contribution in [0, 0.1) is 23.7 Å². The summed E-state index contributed by atoms with van der Waals surface area (Å²) >= 11 is 0. The van der Waals surface area contributed by atoms with Gasteiger partial charge in [-0.25, -0.2) is 0 Å². The van der Waals surface area contributed by atoms with Crippen molar-refractivity contribution in [1.29, 1.82) is 0 Å². The van der Waals surface area contributed by atoms with Gasteiger partial charge in [-0.05, 0) is 30.6 Å². The number of hydrogen-bond donors (Lipinski definition) is 2. The summed E-state index contributed by atoms with van der Waals surface area (Å²) in [5.74, 6) is -1.65. The van der Waals surface area contributed by atoms with Crippen molar-refractivity contribution in [2.24, 2.45) is 23.7 Å². The number of nitrogens with one attached hydrogen (secondary N) is 2. The summed E-state index contributed by atoms with van der Waals surface area (Å²) in [6.45, 7) is 19.0. The highest BCUT2D eigenvalue weighted by atomic mass is 16.2. The molecule has 40 heavy (non-hydrogen) atoms. The highest BCUT2D eigenvalue weighted by molar-refractivity contribution is 5.94. The molecule has 10 nitrogen and oxygen atoms in total. The Morgan fingerprint density at radius 2 is 1.27 bits per heavy atom. The van der Waals surface area contributed by atoms with Crippen LogP contribution in [0.5, 0.6) is 0 Å². The molecule has 0 aromatic rings. The standard InChI is InChI=1S/C28H53N5O5.C2H6.2H2/c1-13-19(7)20(8)25(35)29-21(14-2)27(37)32(11)16-23(34)33(12)22(15-17(3)4)26(36)30-24(18(5)6)28(38)31(9)10;1-2;;/h17-22,24H,13-16H2,1-12H3,(H,29,35)(H,30,36);1-2H3;2*1H/t19?,20-,21-,22-,24-;;;/m0.../s1. The molecule has 0 saturated carbocycles. The van der Waals surface area contributed by atoms with Crippen LogP contribution in [0.3, 0.4) is 0 Å². The third-order valence-electron chi connectivity index (χ3n) is 7.21. The van der Waals surface area contributed by atoms with Crippen LogP contribution in [0.2, 0.25) is 0 Å². The summed E-state index contributed by atoms with van der Waals surface area (Å²) in [7, 11) is 6.32. The van der Waals surface area contributed by atoms with Gasteiger partial charge in [0.25, 0.3) is 0 Å². The molecule has 0 aliphatic heterocycles. The van der Waals surface area contributed by atoms with Gasteiger partial charge in [0.2, 0.25) is 29.5 Å². The number of rotatable bonds is 15. The summed E-state index contributed by atoms with van der Waals surface area (Å²) in [4.78, 5) is 68.9. The first-order chi connectivity index (χ1) is 18.5. The van der Waals surface area contributed by atoms with Gasteiger partial charge < -0.3 is 25.3 Å². The van der Waals surface area contributed by atoms with E-state index < -0.39 is 29.9 Å². The average molecular weight is 574 g/mol. The Morgan fingerprint density at radius 1 is 0.750 bits per heavy atom. The molecule has 0 radical (unpaired) electrons. The monoisotopic (exact) mass is 573 g/mol. The summed E-state index contributed by atoms with van der Waals surface area (Å²) < 4.78 is 0. The van der Waals surface area contributed by atoms with Crippen LogP contribution in [0.25, 0.3) is 0 Å². The Bertz CT molecular complexity index is 826. The number of hydrogen-bond acceptors (Lipinski definition) is 5. The van der Waals surface area contributed by atoms with Gasteiger partial charge in [0.05, 0.1) is 6.54 Å². The van der Waals surface area contributed by atoms with Crippen molar-refractivity contribution in [2.45, 2.75) is 107 Å². The number of amides is 5. The van der Waals surface area contributed by atoms with E-state index in [1.54, 1.807) is 21.1 Å². The van der Waals surface area contributed by atoms with E-state index >= 15 is 0 Å². The van der Waals surface area contributed by atoms with Crippen LogP contribution in [-0.2, 0) is 24.0 Å². The topological polar surface area (TPSA) is 119 Å². The normalized spacial score (nSPS) is 14.6. The molecule has 2 N–H and O–H groups in total. The molecule has 5 amide bonds. The smallest absolute Gasteiger partial charge is 0.245 e. The van der Waals surface area contributed by atoms with Crippen molar-refractivity contribution in [1.82, 2.24) is 25.3 Å². The molecular weight excluding hydrogens is 510 g/mol. The fourth-order valence-electron chi connectivity index (χ4n) is 4.01. The van der Waals surface area contributed by atoms with E-state index in [4.69, 9.17) is 0 Å². The lowest BCUT2D eigenvalue weighted by Crippen LogP contribution is -2.57. The van der Waals surface area contributed by atoms with Crippen molar-refractivity contribution in [3.63, 3.8) is 0 Å². The van der Waals surface area contributed by atoms with Gasteiger partial charge in [-0.1, -0.05) is 75.7 Å². The predicted octanol–water partition coefficient (Wildman–Crippen LogP) is 3.64. The Kier molecular flexibility index (Phi) is 19.2. The average Bonchev–Trinajstić information content (AvgIpc) is 2.91. The van der Waals surface area contributed by atoms with Crippen molar-refractivity contribution in [2.75, 3.05) is 34.7 Å². The largest absolute Gasteiger partial charge is 0.347 e. The summed E-state index contributed by atoms with van der Waals surface area (Å²) in [5, 5.41) is 5.66. The Morgan fingerprint density at radius 3 is 1.68 bits per heavy atom. The highest BCUT2D eigenvalue weighted by Crippen LogP contribution is 2.16. The van der Waals surface area contributed by atoms with Crippen LogP contribution in [0.1, 0.15) is 91.4 Å². The lowest BCUT2D eigenvalue weighted by atomic mass is 9.92. The van der Waals surface area contributed by atoms with Crippen molar-refractivity contribution < 1.29 is 26.8 Å². The SMILES string of the molecule is CC.CCC(C)[C@H](C)C(=O)N[C@@H](CC)C(=O)N(C)CC(=O)N(C)[C@@H](CC(C)C)C(=O)N[C@H](C(=O)N(C)C)C(C)C.[HH].[HH]. The van der Waals surface area contributed by atoms with Crippen molar-refractivity contribution in [3.05, 3.63) is 0 Å². The fraction of sp³-hybridized carbons (Fsp3) is 0.833. The van der Waals surface area contributed by atoms with Gasteiger partial charge in [-0.2, -0.15) is 0 Å². The lowest BCUT2D eigenvalue weighted by molar-refractivity contribution is -0.145. The maximum atomic E-state index is 13.3.